The summed E-state index contributed by atoms with van der Waals surface area (Å²) in [5.41, 5.74) is 0.579. The quantitative estimate of drug-likeness (QED) is 0.818. The molecule has 0 aromatic heterocycles. The Hall–Kier alpha value is -0.580. The summed E-state index contributed by atoms with van der Waals surface area (Å²) in [7, 11) is 0. The van der Waals surface area contributed by atoms with Crippen molar-refractivity contribution in [2.45, 2.75) is 37.7 Å². The molecule has 0 aliphatic heterocycles. The van der Waals surface area contributed by atoms with Gasteiger partial charge >= 0.3 is 0 Å². The first-order valence-corrected chi connectivity index (χ1v) is 7.76. The highest BCUT2D eigenvalue weighted by atomic mass is 79.9. The topological polar surface area (TPSA) is 49.3 Å². The molecule has 2 N–H and O–H groups in total. The molecule has 1 aliphatic rings. The van der Waals surface area contributed by atoms with Gasteiger partial charge < -0.3 is 10.4 Å². The SMILES string of the molecule is O=C(CCl)Nc1ccc(Br)cc1C1(O)CCCCC1. The molecule has 3 nitrogen and oxygen atoms in total. The van der Waals surface area contributed by atoms with Crippen LogP contribution in [0.25, 0.3) is 0 Å². The predicted octanol–water partition coefficient (Wildman–Crippen LogP) is 3.78. The number of hydrogen-bond donors (Lipinski definition) is 2. The maximum absolute atomic E-state index is 11.5. The molecule has 0 saturated heterocycles. The van der Waals surface area contributed by atoms with Crippen LogP contribution in [0.3, 0.4) is 0 Å². The number of nitrogens with one attached hydrogen (secondary N) is 1. The number of alkyl halides is 1. The first kappa shape index (κ1) is 14.8. The van der Waals surface area contributed by atoms with Crippen LogP contribution in [-0.2, 0) is 10.4 Å². The molecule has 5 heteroatoms. The number of rotatable bonds is 3. The van der Waals surface area contributed by atoms with E-state index < -0.39 is 5.60 Å². The van der Waals surface area contributed by atoms with Crippen LogP contribution in [0.4, 0.5) is 5.69 Å². The fourth-order valence-electron chi connectivity index (χ4n) is 2.60. The normalized spacial score (nSPS) is 18.1. The minimum absolute atomic E-state index is 0.0894. The van der Waals surface area contributed by atoms with Crippen LogP contribution < -0.4 is 5.32 Å². The van der Waals surface area contributed by atoms with Crippen molar-refractivity contribution < 1.29 is 9.90 Å². The zero-order valence-corrected chi connectivity index (χ0v) is 12.9. The third-order valence-corrected chi connectivity index (χ3v) is 4.30. The van der Waals surface area contributed by atoms with Crippen LogP contribution in [0.15, 0.2) is 22.7 Å². The largest absolute Gasteiger partial charge is 0.385 e. The van der Waals surface area contributed by atoms with Gasteiger partial charge in [0, 0.05) is 15.7 Å². The second kappa shape index (κ2) is 6.25. The van der Waals surface area contributed by atoms with Gasteiger partial charge in [-0.1, -0.05) is 35.2 Å². The van der Waals surface area contributed by atoms with E-state index in [4.69, 9.17) is 11.6 Å². The number of carbonyl (C=O) groups is 1. The molecule has 0 spiro atoms. The van der Waals surface area contributed by atoms with Crippen molar-refractivity contribution in [1.82, 2.24) is 0 Å². The van der Waals surface area contributed by atoms with E-state index in [1.165, 1.54) is 0 Å². The highest BCUT2D eigenvalue weighted by Gasteiger charge is 2.33. The second-order valence-corrected chi connectivity index (χ2v) is 6.15. The van der Waals surface area contributed by atoms with Crippen molar-refractivity contribution in [1.29, 1.82) is 0 Å². The minimum atomic E-state index is -0.850. The third-order valence-electron chi connectivity index (χ3n) is 3.56. The van der Waals surface area contributed by atoms with E-state index in [2.05, 4.69) is 21.2 Å². The Morgan fingerprint density at radius 2 is 2.05 bits per heavy atom. The summed E-state index contributed by atoms with van der Waals surface area (Å²) in [6.07, 6.45) is 4.62. The van der Waals surface area contributed by atoms with Crippen molar-refractivity contribution in [3.8, 4) is 0 Å². The molecule has 1 amide bonds. The molecule has 0 radical (unpaired) electrons. The van der Waals surface area contributed by atoms with Crippen molar-refractivity contribution >= 4 is 39.1 Å². The fraction of sp³-hybridized carbons (Fsp3) is 0.500. The molecule has 1 fully saturated rings. The zero-order chi connectivity index (χ0) is 13.9. The number of halogens is 2. The van der Waals surface area contributed by atoms with E-state index in [-0.39, 0.29) is 11.8 Å². The molecule has 0 bridgehead atoms. The van der Waals surface area contributed by atoms with Crippen molar-refractivity contribution in [3.05, 3.63) is 28.2 Å². The molecule has 0 unspecified atom stereocenters. The lowest BCUT2D eigenvalue weighted by Crippen LogP contribution is -2.30. The summed E-state index contributed by atoms with van der Waals surface area (Å²) in [5, 5.41) is 13.6. The minimum Gasteiger partial charge on any atom is -0.385 e. The molecule has 1 saturated carbocycles. The van der Waals surface area contributed by atoms with Gasteiger partial charge in [-0.2, -0.15) is 0 Å². The summed E-state index contributed by atoms with van der Waals surface area (Å²) < 4.78 is 0.894. The van der Waals surface area contributed by atoms with Crippen LogP contribution in [0, 0.1) is 0 Å². The van der Waals surface area contributed by atoms with Gasteiger partial charge in [0.2, 0.25) is 5.91 Å². The Morgan fingerprint density at radius 3 is 2.68 bits per heavy atom. The Kier molecular flexibility index (Phi) is 4.87. The van der Waals surface area contributed by atoms with Gasteiger partial charge in [-0.05, 0) is 31.0 Å². The summed E-state index contributed by atoms with van der Waals surface area (Å²) in [5.74, 6) is -0.349. The lowest BCUT2D eigenvalue weighted by Gasteiger charge is -2.34. The van der Waals surface area contributed by atoms with Crippen LogP contribution in [0.2, 0.25) is 0 Å². The van der Waals surface area contributed by atoms with E-state index >= 15 is 0 Å². The Morgan fingerprint density at radius 1 is 1.37 bits per heavy atom. The molecular weight excluding hydrogens is 330 g/mol. The maximum Gasteiger partial charge on any atom is 0.239 e. The summed E-state index contributed by atoms with van der Waals surface area (Å²) in [4.78, 5) is 11.5. The molecule has 1 aromatic rings. The van der Waals surface area contributed by atoms with Gasteiger partial charge in [-0.3, -0.25) is 4.79 Å². The van der Waals surface area contributed by atoms with Crippen LogP contribution >= 0.6 is 27.5 Å². The smallest absolute Gasteiger partial charge is 0.239 e. The maximum atomic E-state index is 11.5. The van der Waals surface area contributed by atoms with Gasteiger partial charge in [0.15, 0.2) is 0 Å². The highest BCUT2D eigenvalue weighted by Crippen LogP contribution is 2.41. The van der Waals surface area contributed by atoms with Gasteiger partial charge in [0.25, 0.3) is 0 Å². The molecule has 0 heterocycles. The number of aliphatic hydroxyl groups is 1. The first-order chi connectivity index (χ1) is 9.05. The Bertz CT molecular complexity index is 473. The molecule has 19 heavy (non-hydrogen) atoms. The Labute approximate surface area is 126 Å². The van der Waals surface area contributed by atoms with Crippen LogP contribution in [0.5, 0.6) is 0 Å². The highest BCUT2D eigenvalue weighted by molar-refractivity contribution is 9.10. The van der Waals surface area contributed by atoms with Crippen LogP contribution in [-0.4, -0.2) is 16.9 Å². The first-order valence-electron chi connectivity index (χ1n) is 6.43. The monoisotopic (exact) mass is 345 g/mol. The number of anilines is 1. The third kappa shape index (κ3) is 3.50. The summed E-state index contributed by atoms with van der Waals surface area (Å²) in [6.45, 7) is 0. The Balaban J connectivity index is 2.36. The van der Waals surface area contributed by atoms with Gasteiger partial charge in [0.1, 0.15) is 5.88 Å². The van der Waals surface area contributed by atoms with E-state index in [9.17, 15) is 9.90 Å². The molecule has 2 rings (SSSR count). The second-order valence-electron chi connectivity index (χ2n) is 4.96. The number of hydrogen-bond acceptors (Lipinski definition) is 2. The lowest BCUT2D eigenvalue weighted by molar-refractivity contribution is -0.113. The molecule has 1 aromatic carbocycles. The predicted molar refractivity (Wildman–Crippen MR) is 80.5 cm³/mol. The van der Waals surface area contributed by atoms with Gasteiger partial charge in [-0.15, -0.1) is 11.6 Å². The fourth-order valence-corrected chi connectivity index (χ4v) is 3.03. The molecule has 0 atom stereocenters. The van der Waals surface area contributed by atoms with E-state index in [0.29, 0.717) is 5.69 Å². The van der Waals surface area contributed by atoms with Crippen molar-refractivity contribution in [3.63, 3.8) is 0 Å². The zero-order valence-electron chi connectivity index (χ0n) is 10.6. The number of amides is 1. The number of benzene rings is 1. The summed E-state index contributed by atoms with van der Waals surface area (Å²) in [6, 6.07) is 5.53. The van der Waals surface area contributed by atoms with Crippen molar-refractivity contribution in [2.24, 2.45) is 0 Å². The standard InChI is InChI=1S/C14H17BrClNO2/c15-10-4-5-12(17-13(18)9-16)11(8-10)14(19)6-2-1-3-7-14/h4-5,8,19H,1-3,6-7,9H2,(H,17,18). The van der Waals surface area contributed by atoms with Gasteiger partial charge in [0.05, 0.1) is 5.60 Å². The van der Waals surface area contributed by atoms with Crippen LogP contribution in [0.1, 0.15) is 37.7 Å². The van der Waals surface area contributed by atoms with E-state index in [1.54, 1.807) is 6.07 Å². The van der Waals surface area contributed by atoms with E-state index in [1.807, 2.05) is 12.1 Å². The molecular formula is C14H17BrClNO2. The van der Waals surface area contributed by atoms with Crippen molar-refractivity contribution in [2.75, 3.05) is 11.2 Å². The average Bonchev–Trinajstić information content (AvgIpc) is 2.41. The number of carbonyl (C=O) groups excluding carboxylic acids is 1. The molecule has 1 aliphatic carbocycles. The van der Waals surface area contributed by atoms with E-state index in [0.717, 1.165) is 42.1 Å². The summed E-state index contributed by atoms with van der Waals surface area (Å²) >= 11 is 8.94. The molecule has 104 valence electrons. The lowest BCUT2D eigenvalue weighted by atomic mass is 9.79. The average molecular weight is 347 g/mol. The van der Waals surface area contributed by atoms with Gasteiger partial charge in [-0.25, -0.2) is 0 Å².